The summed E-state index contributed by atoms with van der Waals surface area (Å²) < 4.78 is 6.16. The Labute approximate surface area is 155 Å². The SMILES string of the molecule is COc1ccc(/C=C(\CCCC(=O)O)c2nc3ccccc3s2)cc1O. The number of benzene rings is 2. The van der Waals surface area contributed by atoms with Crippen molar-refractivity contribution < 1.29 is 19.7 Å². The number of ether oxygens (including phenoxy) is 1. The molecule has 2 aromatic carbocycles. The van der Waals surface area contributed by atoms with Crippen molar-refractivity contribution in [2.75, 3.05) is 7.11 Å². The van der Waals surface area contributed by atoms with E-state index in [0.717, 1.165) is 26.4 Å². The number of thiazole rings is 1. The summed E-state index contributed by atoms with van der Waals surface area (Å²) in [5.74, 6) is -0.333. The van der Waals surface area contributed by atoms with Gasteiger partial charge in [-0.15, -0.1) is 11.3 Å². The van der Waals surface area contributed by atoms with E-state index in [2.05, 4.69) is 4.98 Å². The average molecular weight is 369 g/mol. The van der Waals surface area contributed by atoms with E-state index in [1.807, 2.05) is 36.4 Å². The van der Waals surface area contributed by atoms with Crippen LogP contribution in [-0.4, -0.2) is 28.3 Å². The van der Waals surface area contributed by atoms with Gasteiger partial charge in [0.15, 0.2) is 11.5 Å². The van der Waals surface area contributed by atoms with Crippen molar-refractivity contribution >= 4 is 39.2 Å². The number of hydrogen-bond donors (Lipinski definition) is 2. The Balaban J connectivity index is 1.96. The molecule has 2 N–H and O–H groups in total. The molecule has 0 amide bonds. The molecule has 0 spiro atoms. The van der Waals surface area contributed by atoms with Gasteiger partial charge in [-0.05, 0) is 54.3 Å². The van der Waals surface area contributed by atoms with Crippen LogP contribution in [0, 0.1) is 0 Å². The van der Waals surface area contributed by atoms with E-state index in [1.165, 1.54) is 7.11 Å². The number of phenols is 1. The summed E-state index contributed by atoms with van der Waals surface area (Å²) in [6, 6.07) is 13.1. The summed E-state index contributed by atoms with van der Waals surface area (Å²) in [6.07, 6.45) is 3.17. The van der Waals surface area contributed by atoms with Gasteiger partial charge in [0, 0.05) is 6.42 Å². The van der Waals surface area contributed by atoms with Crippen LogP contribution in [0.4, 0.5) is 0 Å². The third-order valence-corrected chi connectivity index (χ3v) is 5.06. The Bertz CT molecular complexity index is 928. The summed E-state index contributed by atoms with van der Waals surface area (Å²) in [5.41, 5.74) is 2.69. The van der Waals surface area contributed by atoms with E-state index >= 15 is 0 Å². The van der Waals surface area contributed by atoms with Gasteiger partial charge < -0.3 is 14.9 Å². The molecule has 3 rings (SSSR count). The standard InChI is InChI=1S/C20H19NO4S/c1-25-17-10-9-13(12-16(17)22)11-14(5-4-8-19(23)24)20-21-15-6-2-3-7-18(15)26-20/h2-3,6-7,9-12,22H,4-5,8H2,1H3,(H,23,24)/b14-11+. The highest BCUT2D eigenvalue weighted by Crippen LogP contribution is 2.33. The second-order valence-corrected chi connectivity index (χ2v) is 6.87. The molecular formula is C20H19NO4S. The Morgan fingerprint density at radius 3 is 2.73 bits per heavy atom. The van der Waals surface area contributed by atoms with Crippen LogP contribution in [0.25, 0.3) is 21.9 Å². The number of para-hydroxylation sites is 1. The van der Waals surface area contributed by atoms with Crippen molar-refractivity contribution in [2.24, 2.45) is 0 Å². The zero-order valence-electron chi connectivity index (χ0n) is 14.3. The number of fused-ring (bicyclic) bond motifs is 1. The van der Waals surface area contributed by atoms with Gasteiger partial charge in [0.05, 0.1) is 17.3 Å². The Kier molecular flexibility index (Phi) is 5.53. The smallest absolute Gasteiger partial charge is 0.303 e. The summed E-state index contributed by atoms with van der Waals surface area (Å²) in [5, 5.41) is 19.8. The number of carboxylic acids is 1. The maximum Gasteiger partial charge on any atom is 0.303 e. The highest BCUT2D eigenvalue weighted by molar-refractivity contribution is 7.19. The third kappa shape index (κ3) is 4.21. The predicted molar refractivity (Wildman–Crippen MR) is 104 cm³/mol. The minimum atomic E-state index is -0.809. The second kappa shape index (κ2) is 8.01. The monoisotopic (exact) mass is 369 g/mol. The number of carboxylic acid groups (broad SMARTS) is 1. The summed E-state index contributed by atoms with van der Waals surface area (Å²) in [4.78, 5) is 15.5. The van der Waals surface area contributed by atoms with Crippen molar-refractivity contribution in [1.82, 2.24) is 4.98 Å². The highest BCUT2D eigenvalue weighted by Gasteiger charge is 2.11. The molecule has 0 radical (unpaired) electrons. The molecule has 5 nitrogen and oxygen atoms in total. The molecule has 0 aliphatic heterocycles. The summed E-state index contributed by atoms with van der Waals surface area (Å²) in [7, 11) is 1.50. The van der Waals surface area contributed by atoms with Gasteiger partial charge in [0.2, 0.25) is 0 Å². The molecule has 0 unspecified atom stereocenters. The van der Waals surface area contributed by atoms with Crippen molar-refractivity contribution in [3.8, 4) is 11.5 Å². The van der Waals surface area contributed by atoms with E-state index in [0.29, 0.717) is 18.6 Å². The fourth-order valence-electron chi connectivity index (χ4n) is 2.68. The van der Waals surface area contributed by atoms with Crippen LogP contribution in [0.2, 0.25) is 0 Å². The van der Waals surface area contributed by atoms with Crippen LogP contribution in [-0.2, 0) is 4.79 Å². The molecule has 0 atom stereocenters. The number of allylic oxidation sites excluding steroid dienone is 1. The number of aliphatic carboxylic acids is 1. The molecule has 0 saturated carbocycles. The fourth-order valence-corrected chi connectivity index (χ4v) is 3.69. The van der Waals surface area contributed by atoms with Gasteiger partial charge in [0.25, 0.3) is 0 Å². The molecule has 0 aliphatic carbocycles. The first-order chi connectivity index (χ1) is 12.6. The minimum Gasteiger partial charge on any atom is -0.504 e. The van der Waals surface area contributed by atoms with Gasteiger partial charge in [-0.25, -0.2) is 4.98 Å². The highest BCUT2D eigenvalue weighted by atomic mass is 32.1. The molecule has 0 bridgehead atoms. The van der Waals surface area contributed by atoms with Crippen LogP contribution in [0.5, 0.6) is 11.5 Å². The fraction of sp³-hybridized carbons (Fsp3) is 0.200. The lowest BCUT2D eigenvalue weighted by atomic mass is 10.0. The number of hydrogen-bond acceptors (Lipinski definition) is 5. The van der Waals surface area contributed by atoms with E-state index in [9.17, 15) is 9.90 Å². The Hall–Kier alpha value is -2.86. The lowest BCUT2D eigenvalue weighted by Gasteiger charge is -2.06. The molecule has 0 aliphatic rings. The molecule has 3 aromatic rings. The zero-order chi connectivity index (χ0) is 18.5. The molecule has 1 heterocycles. The second-order valence-electron chi connectivity index (χ2n) is 5.83. The van der Waals surface area contributed by atoms with Gasteiger partial charge >= 0.3 is 5.97 Å². The Morgan fingerprint density at radius 1 is 1.23 bits per heavy atom. The lowest BCUT2D eigenvalue weighted by molar-refractivity contribution is -0.137. The molecule has 134 valence electrons. The predicted octanol–water partition coefficient (Wildman–Crippen LogP) is 4.81. The van der Waals surface area contributed by atoms with Crippen LogP contribution < -0.4 is 4.74 Å². The van der Waals surface area contributed by atoms with E-state index < -0.39 is 5.97 Å². The average Bonchev–Trinajstić information content (AvgIpc) is 3.05. The van der Waals surface area contributed by atoms with Crippen molar-refractivity contribution in [1.29, 1.82) is 0 Å². The molecular weight excluding hydrogens is 350 g/mol. The number of aromatic nitrogens is 1. The lowest BCUT2D eigenvalue weighted by Crippen LogP contribution is -1.94. The first-order valence-electron chi connectivity index (χ1n) is 8.22. The van der Waals surface area contributed by atoms with Gasteiger partial charge in [-0.1, -0.05) is 18.2 Å². The molecule has 26 heavy (non-hydrogen) atoms. The van der Waals surface area contributed by atoms with Crippen LogP contribution in [0.15, 0.2) is 42.5 Å². The van der Waals surface area contributed by atoms with Crippen molar-refractivity contribution in [2.45, 2.75) is 19.3 Å². The Morgan fingerprint density at radius 2 is 2.04 bits per heavy atom. The largest absolute Gasteiger partial charge is 0.504 e. The number of nitrogens with zero attached hydrogens (tertiary/aromatic N) is 1. The van der Waals surface area contributed by atoms with Crippen molar-refractivity contribution in [3.63, 3.8) is 0 Å². The first kappa shape index (κ1) is 17.9. The molecule has 6 heteroatoms. The van der Waals surface area contributed by atoms with Gasteiger partial charge in [0.1, 0.15) is 5.01 Å². The zero-order valence-corrected chi connectivity index (χ0v) is 15.1. The minimum absolute atomic E-state index is 0.0652. The topological polar surface area (TPSA) is 79.7 Å². The molecule has 0 saturated heterocycles. The number of rotatable bonds is 7. The first-order valence-corrected chi connectivity index (χ1v) is 9.04. The number of carbonyl (C=O) groups is 1. The molecule has 1 aromatic heterocycles. The number of aromatic hydroxyl groups is 1. The maximum absolute atomic E-state index is 10.9. The maximum atomic E-state index is 10.9. The van der Waals surface area contributed by atoms with Crippen LogP contribution in [0.1, 0.15) is 29.8 Å². The molecule has 0 fully saturated rings. The normalized spacial score (nSPS) is 11.7. The van der Waals surface area contributed by atoms with E-state index in [1.54, 1.807) is 23.5 Å². The van der Waals surface area contributed by atoms with E-state index in [-0.39, 0.29) is 12.2 Å². The van der Waals surface area contributed by atoms with Gasteiger partial charge in [-0.3, -0.25) is 4.79 Å². The third-order valence-electron chi connectivity index (χ3n) is 3.95. The number of methoxy groups -OCH3 is 1. The summed E-state index contributed by atoms with van der Waals surface area (Å²) in [6.45, 7) is 0. The van der Waals surface area contributed by atoms with Crippen LogP contribution >= 0.6 is 11.3 Å². The summed E-state index contributed by atoms with van der Waals surface area (Å²) >= 11 is 1.58. The van der Waals surface area contributed by atoms with Crippen molar-refractivity contribution in [3.05, 3.63) is 53.0 Å². The number of phenolic OH excluding ortho intramolecular Hbond substituents is 1. The quantitative estimate of drug-likeness (QED) is 0.625. The van der Waals surface area contributed by atoms with Crippen LogP contribution in [0.3, 0.4) is 0 Å². The van der Waals surface area contributed by atoms with E-state index in [4.69, 9.17) is 9.84 Å². The van der Waals surface area contributed by atoms with Gasteiger partial charge in [-0.2, -0.15) is 0 Å².